The lowest BCUT2D eigenvalue weighted by Crippen LogP contribution is -1.99. The van der Waals surface area contributed by atoms with Crippen LogP contribution in [-0.2, 0) is 6.42 Å². The predicted octanol–water partition coefficient (Wildman–Crippen LogP) is 4.20. The number of rotatable bonds is 4. The van der Waals surface area contributed by atoms with Crippen molar-refractivity contribution >= 4 is 22.3 Å². The maximum Gasteiger partial charge on any atom is 0.347 e. The fraction of sp³-hybridized carbons (Fsp3) is 0.294. The second-order valence-corrected chi connectivity index (χ2v) is 6.70. The Morgan fingerprint density at radius 1 is 1.36 bits per heavy atom. The van der Waals surface area contributed by atoms with E-state index in [4.69, 9.17) is 0 Å². The average molecular weight is 312 g/mol. The highest BCUT2D eigenvalue weighted by molar-refractivity contribution is 7.19. The zero-order chi connectivity index (χ0) is 15.3. The van der Waals surface area contributed by atoms with Crippen LogP contribution in [0.4, 0.5) is 0 Å². The molecule has 0 aliphatic heterocycles. The molecule has 1 N–H and O–H groups in total. The number of aromatic carboxylic acids is 1. The van der Waals surface area contributed by atoms with Gasteiger partial charge < -0.3 is 5.11 Å². The molecule has 0 bridgehead atoms. The number of hydrogen-bond acceptors (Lipinski definition) is 3. The molecule has 1 aliphatic carbocycles. The topological polar surface area (TPSA) is 54.6 Å². The highest BCUT2D eigenvalue weighted by Gasteiger charge is 2.33. The number of nitrogens with zero attached hydrogens (tertiary/aromatic N) is 2. The van der Waals surface area contributed by atoms with Crippen LogP contribution in [0.25, 0.3) is 16.2 Å². The molecule has 4 nitrogen and oxygen atoms in total. The zero-order valence-electron chi connectivity index (χ0n) is 12.2. The highest BCUT2D eigenvalue weighted by Crippen LogP contribution is 2.44. The number of carbonyl (C=O) groups is 1. The van der Waals surface area contributed by atoms with Gasteiger partial charge in [-0.05, 0) is 24.8 Å². The molecule has 4 rings (SSSR count). The summed E-state index contributed by atoms with van der Waals surface area (Å²) in [5.41, 5.74) is 4.22. The van der Waals surface area contributed by atoms with E-state index in [2.05, 4.69) is 36.2 Å². The monoisotopic (exact) mass is 312 g/mol. The summed E-state index contributed by atoms with van der Waals surface area (Å²) < 4.78 is 1.98. The van der Waals surface area contributed by atoms with E-state index in [1.165, 1.54) is 16.9 Å². The summed E-state index contributed by atoms with van der Waals surface area (Å²) in [5.74, 6) is -0.462. The molecule has 1 saturated carbocycles. The van der Waals surface area contributed by atoms with Crippen molar-refractivity contribution in [2.75, 3.05) is 0 Å². The van der Waals surface area contributed by atoms with Gasteiger partial charge in [-0.1, -0.05) is 42.5 Å². The number of carboxylic acids is 1. The summed E-state index contributed by atoms with van der Waals surface area (Å²) in [6, 6.07) is 8.40. The van der Waals surface area contributed by atoms with Gasteiger partial charge in [0.05, 0.1) is 11.4 Å². The number of thiazole rings is 1. The van der Waals surface area contributed by atoms with E-state index in [0.717, 1.165) is 41.2 Å². The molecule has 3 aromatic rings. The molecular formula is C17H16N2O2S. The third-order valence-corrected chi connectivity index (χ3v) is 5.23. The van der Waals surface area contributed by atoms with Crippen LogP contribution >= 0.6 is 11.3 Å². The Bertz CT molecular complexity index is 857. The molecule has 0 saturated heterocycles. The maximum absolute atomic E-state index is 11.4. The second kappa shape index (κ2) is 4.95. The Kier molecular flexibility index (Phi) is 3.04. The van der Waals surface area contributed by atoms with E-state index in [1.807, 2.05) is 10.6 Å². The molecule has 0 amide bonds. The molecule has 2 aromatic heterocycles. The molecule has 112 valence electrons. The van der Waals surface area contributed by atoms with E-state index in [-0.39, 0.29) is 0 Å². The van der Waals surface area contributed by atoms with Gasteiger partial charge in [0.2, 0.25) is 0 Å². The van der Waals surface area contributed by atoms with Gasteiger partial charge in [-0.3, -0.25) is 4.40 Å². The summed E-state index contributed by atoms with van der Waals surface area (Å²) in [6.45, 7) is 2.14. The van der Waals surface area contributed by atoms with Crippen LogP contribution in [0.3, 0.4) is 0 Å². The third kappa shape index (κ3) is 2.13. The van der Waals surface area contributed by atoms with Gasteiger partial charge in [0.25, 0.3) is 0 Å². The molecule has 1 fully saturated rings. The Hall–Kier alpha value is -2.14. The van der Waals surface area contributed by atoms with Gasteiger partial charge >= 0.3 is 5.97 Å². The van der Waals surface area contributed by atoms with Crippen molar-refractivity contribution < 1.29 is 9.90 Å². The van der Waals surface area contributed by atoms with Gasteiger partial charge in [-0.25, -0.2) is 9.78 Å². The minimum absolute atomic E-state index is 0.379. The first-order chi connectivity index (χ1) is 10.7. The number of fused-ring (bicyclic) bond motifs is 1. The summed E-state index contributed by atoms with van der Waals surface area (Å²) in [6.07, 6.45) is 5.15. The molecule has 0 spiro atoms. The maximum atomic E-state index is 11.4. The largest absolute Gasteiger partial charge is 0.477 e. The summed E-state index contributed by atoms with van der Waals surface area (Å²) in [7, 11) is 0. The Morgan fingerprint density at radius 2 is 2.09 bits per heavy atom. The van der Waals surface area contributed by atoms with Crippen molar-refractivity contribution in [2.45, 2.75) is 32.1 Å². The first kappa shape index (κ1) is 13.5. The number of aromatic nitrogens is 2. The molecule has 1 aromatic carbocycles. The first-order valence-electron chi connectivity index (χ1n) is 7.51. The Morgan fingerprint density at radius 3 is 2.68 bits per heavy atom. The minimum atomic E-state index is -0.841. The molecule has 5 heteroatoms. The van der Waals surface area contributed by atoms with Crippen molar-refractivity contribution in [3.63, 3.8) is 0 Å². The van der Waals surface area contributed by atoms with Crippen molar-refractivity contribution in [1.82, 2.24) is 9.38 Å². The van der Waals surface area contributed by atoms with Gasteiger partial charge in [-0.15, -0.1) is 0 Å². The molecule has 0 atom stereocenters. The van der Waals surface area contributed by atoms with Crippen LogP contribution in [0.2, 0.25) is 0 Å². The first-order valence-corrected chi connectivity index (χ1v) is 8.33. The lowest BCUT2D eigenvalue weighted by molar-refractivity contribution is 0.0700. The lowest BCUT2D eigenvalue weighted by atomic mass is 10.1. The van der Waals surface area contributed by atoms with Crippen molar-refractivity contribution in [3.8, 4) is 11.3 Å². The third-order valence-electron chi connectivity index (χ3n) is 4.18. The predicted molar refractivity (Wildman–Crippen MR) is 86.8 cm³/mol. The number of aryl methyl sites for hydroxylation is 1. The summed E-state index contributed by atoms with van der Waals surface area (Å²) in [5, 5.41) is 9.38. The quantitative estimate of drug-likeness (QED) is 0.785. The van der Waals surface area contributed by atoms with E-state index >= 15 is 0 Å². The van der Waals surface area contributed by atoms with Crippen LogP contribution in [0, 0.1) is 0 Å². The summed E-state index contributed by atoms with van der Waals surface area (Å²) in [4.78, 5) is 17.3. The second-order valence-electron chi connectivity index (χ2n) is 5.73. The van der Waals surface area contributed by atoms with Crippen LogP contribution in [0.1, 0.15) is 46.6 Å². The van der Waals surface area contributed by atoms with Gasteiger partial charge in [0.1, 0.15) is 4.88 Å². The average Bonchev–Trinajstić information content (AvgIpc) is 3.16. The smallest absolute Gasteiger partial charge is 0.347 e. The Balaban J connectivity index is 1.82. The van der Waals surface area contributed by atoms with Crippen LogP contribution in [0.5, 0.6) is 0 Å². The Labute approximate surface area is 132 Å². The number of imidazole rings is 1. The number of benzene rings is 1. The molecule has 1 aliphatic rings. The zero-order valence-corrected chi connectivity index (χ0v) is 13.1. The minimum Gasteiger partial charge on any atom is -0.477 e. The van der Waals surface area contributed by atoms with Crippen LogP contribution < -0.4 is 0 Å². The fourth-order valence-electron chi connectivity index (χ4n) is 2.80. The van der Waals surface area contributed by atoms with E-state index in [9.17, 15) is 9.90 Å². The summed E-state index contributed by atoms with van der Waals surface area (Å²) >= 11 is 1.28. The van der Waals surface area contributed by atoms with Crippen LogP contribution in [0.15, 0.2) is 30.5 Å². The van der Waals surface area contributed by atoms with Crippen molar-refractivity contribution in [2.24, 2.45) is 0 Å². The van der Waals surface area contributed by atoms with E-state index in [1.54, 1.807) is 0 Å². The van der Waals surface area contributed by atoms with Gasteiger partial charge in [-0.2, -0.15) is 0 Å². The molecule has 0 radical (unpaired) electrons. The molecule has 22 heavy (non-hydrogen) atoms. The fourth-order valence-corrected chi connectivity index (χ4v) is 3.84. The number of carboxylic acid groups (broad SMARTS) is 1. The van der Waals surface area contributed by atoms with Crippen molar-refractivity contribution in [3.05, 3.63) is 46.6 Å². The molecular weight excluding hydrogens is 296 g/mol. The van der Waals surface area contributed by atoms with Crippen LogP contribution in [-0.4, -0.2) is 20.5 Å². The lowest BCUT2D eigenvalue weighted by Gasteiger charge is -2.00. The SMILES string of the molecule is CCc1ccc(-c2cn3c(C4CC4)c(C(=O)O)sc3n2)cc1. The highest BCUT2D eigenvalue weighted by atomic mass is 32.1. The van der Waals surface area contributed by atoms with E-state index < -0.39 is 5.97 Å². The van der Waals surface area contributed by atoms with Gasteiger partial charge in [0, 0.05) is 17.7 Å². The van der Waals surface area contributed by atoms with E-state index in [0.29, 0.717) is 10.8 Å². The normalized spacial score (nSPS) is 14.6. The van der Waals surface area contributed by atoms with Crippen molar-refractivity contribution in [1.29, 1.82) is 0 Å². The molecule has 2 heterocycles. The van der Waals surface area contributed by atoms with Gasteiger partial charge in [0.15, 0.2) is 4.96 Å². The number of hydrogen-bond donors (Lipinski definition) is 1. The molecule has 0 unspecified atom stereocenters. The standard InChI is InChI=1S/C17H16N2O2S/c1-2-10-3-5-11(6-4-10)13-9-19-14(12-7-8-12)15(16(20)21)22-17(19)18-13/h3-6,9,12H,2,7-8H2,1H3,(H,20,21).